The molecule has 0 aromatic rings. The highest BCUT2D eigenvalue weighted by atomic mass is 16.7. The summed E-state index contributed by atoms with van der Waals surface area (Å²) in [6.07, 6.45) is 0.749. The molecule has 0 heterocycles. The van der Waals surface area contributed by atoms with E-state index in [1.165, 1.54) is 0 Å². The molecule has 0 fully saturated rings. The van der Waals surface area contributed by atoms with E-state index < -0.39 is 5.60 Å². The third-order valence-corrected chi connectivity index (χ3v) is 2.17. The summed E-state index contributed by atoms with van der Waals surface area (Å²) >= 11 is 0. The Morgan fingerprint density at radius 1 is 1.07 bits per heavy atom. The summed E-state index contributed by atoms with van der Waals surface area (Å²) in [6, 6.07) is 0. The highest BCUT2D eigenvalue weighted by Crippen LogP contribution is 2.19. The first kappa shape index (κ1) is 13.9. The molecule has 0 N–H and O–H groups in total. The van der Waals surface area contributed by atoms with Crippen molar-refractivity contribution in [1.29, 1.82) is 0 Å². The number of rotatable bonds is 7. The van der Waals surface area contributed by atoms with Gasteiger partial charge in [-0.3, -0.25) is 0 Å². The van der Waals surface area contributed by atoms with Crippen LogP contribution in [0.1, 0.15) is 34.1 Å². The van der Waals surface area contributed by atoms with Crippen molar-refractivity contribution in [3.8, 4) is 0 Å². The Hall–Kier alpha value is -0.120. The number of ether oxygens (including phenoxy) is 3. The smallest absolute Gasteiger partial charge is 0.185 e. The van der Waals surface area contributed by atoms with Gasteiger partial charge in [0.15, 0.2) is 6.29 Å². The molecule has 0 spiro atoms. The summed E-state index contributed by atoms with van der Waals surface area (Å²) in [6.45, 7) is 9.06. The fraction of sp³-hybridized carbons (Fsp3) is 1.00. The Morgan fingerprint density at radius 2 is 1.57 bits per heavy atom. The van der Waals surface area contributed by atoms with Gasteiger partial charge < -0.3 is 14.2 Å². The van der Waals surface area contributed by atoms with Crippen molar-refractivity contribution in [2.45, 2.75) is 46.0 Å². The van der Waals surface area contributed by atoms with Crippen LogP contribution in [0.2, 0.25) is 0 Å². The molecule has 0 unspecified atom stereocenters. The lowest BCUT2D eigenvalue weighted by molar-refractivity contribution is -0.221. The summed E-state index contributed by atoms with van der Waals surface area (Å²) < 4.78 is 16.1. The molecule has 0 aliphatic carbocycles. The summed E-state index contributed by atoms with van der Waals surface area (Å²) in [4.78, 5) is 0. The Balaban J connectivity index is 3.92. The van der Waals surface area contributed by atoms with Gasteiger partial charge in [0.1, 0.15) is 5.60 Å². The van der Waals surface area contributed by atoms with Crippen LogP contribution in [0.15, 0.2) is 0 Å². The van der Waals surface area contributed by atoms with E-state index >= 15 is 0 Å². The van der Waals surface area contributed by atoms with Crippen molar-refractivity contribution in [2.24, 2.45) is 5.92 Å². The number of methoxy groups -OCH3 is 2. The maximum atomic E-state index is 5.73. The van der Waals surface area contributed by atoms with Crippen molar-refractivity contribution in [3.63, 3.8) is 0 Å². The average molecular weight is 204 g/mol. The molecule has 0 rings (SSSR count). The molecule has 0 aliphatic heterocycles. The first-order valence-corrected chi connectivity index (χ1v) is 5.13. The summed E-state index contributed by atoms with van der Waals surface area (Å²) in [5, 5.41) is 0. The summed E-state index contributed by atoms with van der Waals surface area (Å²) in [5.74, 6) is 0.661. The van der Waals surface area contributed by atoms with Crippen LogP contribution in [0.25, 0.3) is 0 Å². The second-order valence-electron chi connectivity index (χ2n) is 4.44. The van der Waals surface area contributed by atoms with Crippen molar-refractivity contribution >= 4 is 0 Å². The minimum Gasteiger partial charge on any atom is -0.370 e. The Morgan fingerprint density at radius 3 is 1.93 bits per heavy atom. The van der Waals surface area contributed by atoms with Crippen molar-refractivity contribution in [1.82, 2.24) is 0 Å². The maximum Gasteiger partial charge on any atom is 0.185 e. The highest BCUT2D eigenvalue weighted by molar-refractivity contribution is 4.73. The first-order valence-electron chi connectivity index (χ1n) is 5.13. The molecular formula is C11H24O3. The second-order valence-corrected chi connectivity index (χ2v) is 4.44. The SMILES string of the molecule is COC(OC)C(C)(C)OCCC(C)C. The van der Waals surface area contributed by atoms with Crippen LogP contribution in [0.3, 0.4) is 0 Å². The minimum absolute atomic E-state index is 0.310. The lowest BCUT2D eigenvalue weighted by Gasteiger charge is -2.32. The average Bonchev–Trinajstić information content (AvgIpc) is 2.04. The molecular weight excluding hydrogens is 180 g/mol. The highest BCUT2D eigenvalue weighted by Gasteiger charge is 2.30. The minimum atomic E-state index is -0.390. The second kappa shape index (κ2) is 6.38. The molecule has 0 saturated heterocycles. The van der Waals surface area contributed by atoms with Gasteiger partial charge in [-0.15, -0.1) is 0 Å². The molecule has 0 aromatic carbocycles. The molecule has 14 heavy (non-hydrogen) atoms. The van der Waals surface area contributed by atoms with Crippen LogP contribution in [-0.4, -0.2) is 32.7 Å². The van der Waals surface area contributed by atoms with Gasteiger partial charge in [0.05, 0.1) is 0 Å². The predicted molar refractivity (Wildman–Crippen MR) is 57.3 cm³/mol. The maximum absolute atomic E-state index is 5.73. The zero-order chi connectivity index (χ0) is 11.2. The van der Waals surface area contributed by atoms with E-state index in [1.807, 2.05) is 13.8 Å². The predicted octanol–water partition coefficient (Wildman–Crippen LogP) is 2.45. The van der Waals surface area contributed by atoms with Gasteiger partial charge in [-0.05, 0) is 26.2 Å². The molecule has 0 radical (unpaired) electrons. The van der Waals surface area contributed by atoms with Crippen LogP contribution >= 0.6 is 0 Å². The van der Waals surface area contributed by atoms with Crippen LogP contribution in [0.5, 0.6) is 0 Å². The molecule has 0 saturated carbocycles. The summed E-state index contributed by atoms with van der Waals surface area (Å²) in [5.41, 5.74) is -0.390. The van der Waals surface area contributed by atoms with Crippen molar-refractivity contribution in [2.75, 3.05) is 20.8 Å². The van der Waals surface area contributed by atoms with Crippen LogP contribution in [0.4, 0.5) is 0 Å². The van der Waals surface area contributed by atoms with E-state index in [2.05, 4.69) is 13.8 Å². The van der Waals surface area contributed by atoms with Crippen molar-refractivity contribution in [3.05, 3.63) is 0 Å². The molecule has 3 heteroatoms. The molecule has 0 atom stereocenters. The van der Waals surface area contributed by atoms with Crippen LogP contribution < -0.4 is 0 Å². The van der Waals surface area contributed by atoms with Gasteiger partial charge in [-0.25, -0.2) is 0 Å². The van der Waals surface area contributed by atoms with E-state index in [-0.39, 0.29) is 6.29 Å². The van der Waals surface area contributed by atoms with Gasteiger partial charge in [0.2, 0.25) is 0 Å². The fourth-order valence-corrected chi connectivity index (χ4v) is 1.29. The standard InChI is InChI=1S/C11H24O3/c1-9(2)7-8-14-11(3,4)10(12-5)13-6/h9-10H,7-8H2,1-6H3. The molecule has 3 nitrogen and oxygen atoms in total. The largest absolute Gasteiger partial charge is 0.370 e. The zero-order valence-electron chi connectivity index (χ0n) is 10.3. The van der Waals surface area contributed by atoms with E-state index in [9.17, 15) is 0 Å². The van der Waals surface area contributed by atoms with Gasteiger partial charge in [-0.2, -0.15) is 0 Å². The van der Waals surface area contributed by atoms with E-state index in [0.717, 1.165) is 13.0 Å². The number of hydrogen-bond acceptors (Lipinski definition) is 3. The van der Waals surface area contributed by atoms with Gasteiger partial charge in [-0.1, -0.05) is 13.8 Å². The van der Waals surface area contributed by atoms with Crippen LogP contribution in [0, 0.1) is 5.92 Å². The third kappa shape index (κ3) is 4.94. The molecule has 0 aliphatic rings. The Labute approximate surface area is 87.7 Å². The Kier molecular flexibility index (Phi) is 6.33. The van der Waals surface area contributed by atoms with Crippen LogP contribution in [-0.2, 0) is 14.2 Å². The lowest BCUT2D eigenvalue weighted by Crippen LogP contribution is -2.42. The zero-order valence-corrected chi connectivity index (χ0v) is 10.3. The Bertz CT molecular complexity index is 139. The van der Waals surface area contributed by atoms with Gasteiger partial charge >= 0.3 is 0 Å². The quantitative estimate of drug-likeness (QED) is 0.596. The van der Waals surface area contributed by atoms with Gasteiger partial charge in [0, 0.05) is 20.8 Å². The summed E-state index contributed by atoms with van der Waals surface area (Å²) in [7, 11) is 3.25. The lowest BCUT2D eigenvalue weighted by atomic mass is 10.1. The number of hydrogen-bond donors (Lipinski definition) is 0. The molecule has 0 amide bonds. The monoisotopic (exact) mass is 204 g/mol. The molecule has 0 bridgehead atoms. The molecule has 0 aromatic heterocycles. The normalized spacial score (nSPS) is 12.9. The fourth-order valence-electron chi connectivity index (χ4n) is 1.29. The van der Waals surface area contributed by atoms with E-state index in [1.54, 1.807) is 14.2 Å². The third-order valence-electron chi connectivity index (χ3n) is 2.17. The topological polar surface area (TPSA) is 27.7 Å². The van der Waals surface area contributed by atoms with Gasteiger partial charge in [0.25, 0.3) is 0 Å². The first-order chi connectivity index (χ1) is 6.44. The van der Waals surface area contributed by atoms with E-state index in [4.69, 9.17) is 14.2 Å². The molecule has 86 valence electrons. The van der Waals surface area contributed by atoms with E-state index in [0.29, 0.717) is 5.92 Å². The van der Waals surface area contributed by atoms with Crippen molar-refractivity contribution < 1.29 is 14.2 Å².